The molecule has 0 fully saturated rings. The molecule has 5 heteroatoms. The van der Waals surface area contributed by atoms with Crippen LogP contribution in [0.5, 0.6) is 0 Å². The molecule has 0 radical (unpaired) electrons. The number of carbonyl (C=O) groups is 2. The Balaban J connectivity index is 1.90. The second-order valence-electron chi connectivity index (χ2n) is 6.09. The van der Waals surface area contributed by atoms with Crippen molar-refractivity contribution in [1.82, 2.24) is 0 Å². The molecule has 5 nitrogen and oxygen atoms in total. The van der Waals surface area contributed by atoms with Crippen molar-refractivity contribution in [2.24, 2.45) is 0 Å². The second-order valence-corrected chi connectivity index (χ2v) is 6.09. The Labute approximate surface area is 142 Å². The van der Waals surface area contributed by atoms with E-state index < -0.39 is 0 Å². The molecule has 2 rings (SSSR count). The molecular weight excluding hydrogens is 302 g/mol. The van der Waals surface area contributed by atoms with Crippen LogP contribution < -0.4 is 15.5 Å². The van der Waals surface area contributed by atoms with Crippen LogP contribution in [0.25, 0.3) is 0 Å². The molecule has 2 amide bonds. The zero-order valence-corrected chi connectivity index (χ0v) is 14.5. The summed E-state index contributed by atoms with van der Waals surface area (Å²) in [4.78, 5) is 26.0. The molecule has 24 heavy (non-hydrogen) atoms. The molecule has 0 saturated heterocycles. The van der Waals surface area contributed by atoms with Gasteiger partial charge >= 0.3 is 0 Å². The summed E-state index contributed by atoms with van der Waals surface area (Å²) in [7, 11) is 3.90. The van der Waals surface area contributed by atoms with Crippen molar-refractivity contribution in [2.75, 3.05) is 29.6 Å². The van der Waals surface area contributed by atoms with E-state index in [0.717, 1.165) is 16.8 Å². The molecule has 126 valence electrons. The van der Waals surface area contributed by atoms with Crippen molar-refractivity contribution < 1.29 is 9.59 Å². The van der Waals surface area contributed by atoms with E-state index in [1.165, 1.54) is 0 Å². The minimum Gasteiger partial charge on any atom is -0.378 e. The Morgan fingerprint density at radius 2 is 1.33 bits per heavy atom. The number of amides is 2. The van der Waals surface area contributed by atoms with E-state index in [4.69, 9.17) is 0 Å². The molecule has 0 atom stereocenters. The third-order valence-electron chi connectivity index (χ3n) is 3.49. The van der Waals surface area contributed by atoms with Gasteiger partial charge in [-0.1, -0.05) is 6.07 Å². The summed E-state index contributed by atoms with van der Waals surface area (Å²) < 4.78 is 0. The molecule has 0 aliphatic rings. The van der Waals surface area contributed by atoms with E-state index in [0.29, 0.717) is 11.4 Å². The molecular formula is C19H23N3O2. The number of anilines is 3. The van der Waals surface area contributed by atoms with E-state index in [1.807, 2.05) is 75.3 Å². The van der Waals surface area contributed by atoms with Crippen LogP contribution in [-0.4, -0.2) is 25.9 Å². The van der Waals surface area contributed by atoms with Crippen LogP contribution in [0.4, 0.5) is 17.1 Å². The number of carbonyl (C=O) groups excluding carboxylic acids is 2. The summed E-state index contributed by atoms with van der Waals surface area (Å²) in [5, 5.41) is 5.49. The summed E-state index contributed by atoms with van der Waals surface area (Å²) in [5.74, 6) is -0.670. The van der Waals surface area contributed by atoms with Crippen molar-refractivity contribution in [2.45, 2.75) is 20.3 Å². The van der Waals surface area contributed by atoms with E-state index in [-0.39, 0.29) is 18.2 Å². The number of nitrogens with one attached hydrogen (secondary N) is 2. The standard InChI is InChI=1S/C19H23N3O2/c1-13-9-14(2)11-16(10-13)21-19(24)12-18(23)20-15-5-7-17(8-6-15)22(3)4/h5-11H,12H2,1-4H3,(H,20,23)(H,21,24). The normalized spacial score (nSPS) is 10.2. The smallest absolute Gasteiger partial charge is 0.233 e. The molecule has 0 bridgehead atoms. The van der Waals surface area contributed by atoms with Gasteiger partial charge in [0.05, 0.1) is 0 Å². The molecule has 0 saturated carbocycles. The summed E-state index contributed by atoms with van der Waals surface area (Å²) >= 11 is 0. The quantitative estimate of drug-likeness (QED) is 0.829. The number of hydrogen-bond acceptors (Lipinski definition) is 3. The van der Waals surface area contributed by atoms with Gasteiger partial charge in [-0.15, -0.1) is 0 Å². The Morgan fingerprint density at radius 3 is 1.83 bits per heavy atom. The molecule has 2 aromatic rings. The highest BCUT2D eigenvalue weighted by atomic mass is 16.2. The van der Waals surface area contributed by atoms with Crippen LogP contribution >= 0.6 is 0 Å². The molecule has 0 aliphatic heterocycles. The van der Waals surface area contributed by atoms with E-state index >= 15 is 0 Å². The first-order chi connectivity index (χ1) is 11.3. The van der Waals surface area contributed by atoms with Gasteiger partial charge in [0.15, 0.2) is 0 Å². The lowest BCUT2D eigenvalue weighted by Gasteiger charge is -2.13. The first kappa shape index (κ1) is 17.5. The molecule has 0 aromatic heterocycles. The van der Waals surface area contributed by atoms with Crippen LogP contribution in [0.1, 0.15) is 17.5 Å². The average molecular weight is 325 g/mol. The Hall–Kier alpha value is -2.82. The fourth-order valence-electron chi connectivity index (χ4n) is 2.45. The summed E-state index contributed by atoms with van der Waals surface area (Å²) in [6.45, 7) is 3.93. The fourth-order valence-corrected chi connectivity index (χ4v) is 2.45. The predicted molar refractivity (Wildman–Crippen MR) is 98.6 cm³/mol. The van der Waals surface area contributed by atoms with Gasteiger partial charge in [0, 0.05) is 31.2 Å². The average Bonchev–Trinajstić information content (AvgIpc) is 2.46. The van der Waals surface area contributed by atoms with Gasteiger partial charge in [0.2, 0.25) is 11.8 Å². The first-order valence-electron chi connectivity index (χ1n) is 7.79. The van der Waals surface area contributed by atoms with Gasteiger partial charge in [0.25, 0.3) is 0 Å². The number of nitrogens with zero attached hydrogens (tertiary/aromatic N) is 1. The summed E-state index contributed by atoms with van der Waals surface area (Å²) in [6.07, 6.45) is -0.220. The molecule has 2 N–H and O–H groups in total. The molecule has 0 unspecified atom stereocenters. The van der Waals surface area contributed by atoms with E-state index in [1.54, 1.807) is 0 Å². The molecule has 0 heterocycles. The Morgan fingerprint density at radius 1 is 0.833 bits per heavy atom. The topological polar surface area (TPSA) is 61.4 Å². The Kier molecular flexibility index (Phi) is 5.58. The third-order valence-corrected chi connectivity index (χ3v) is 3.49. The maximum Gasteiger partial charge on any atom is 0.233 e. The highest BCUT2D eigenvalue weighted by Crippen LogP contribution is 2.16. The number of rotatable bonds is 5. The van der Waals surface area contributed by atoms with Gasteiger partial charge in [-0.3, -0.25) is 9.59 Å². The van der Waals surface area contributed by atoms with Crippen molar-refractivity contribution in [3.8, 4) is 0 Å². The summed E-state index contributed by atoms with van der Waals surface area (Å²) in [5.41, 5.74) is 4.55. The SMILES string of the molecule is Cc1cc(C)cc(NC(=O)CC(=O)Nc2ccc(N(C)C)cc2)c1. The van der Waals surface area contributed by atoms with Gasteiger partial charge in [-0.25, -0.2) is 0 Å². The van der Waals surface area contributed by atoms with Crippen LogP contribution in [0.3, 0.4) is 0 Å². The lowest BCUT2D eigenvalue weighted by atomic mass is 10.1. The van der Waals surface area contributed by atoms with Crippen LogP contribution in [0.2, 0.25) is 0 Å². The van der Waals surface area contributed by atoms with E-state index in [2.05, 4.69) is 10.6 Å². The Bertz CT molecular complexity index is 717. The monoisotopic (exact) mass is 325 g/mol. The maximum atomic E-state index is 12.0. The minimum absolute atomic E-state index is 0.220. The van der Waals surface area contributed by atoms with Gasteiger partial charge in [0.1, 0.15) is 6.42 Å². The highest BCUT2D eigenvalue weighted by Gasteiger charge is 2.10. The van der Waals surface area contributed by atoms with E-state index in [9.17, 15) is 9.59 Å². The van der Waals surface area contributed by atoms with Gasteiger partial charge < -0.3 is 15.5 Å². The van der Waals surface area contributed by atoms with Crippen molar-refractivity contribution in [3.63, 3.8) is 0 Å². The molecule has 2 aromatic carbocycles. The number of aryl methyl sites for hydroxylation is 2. The van der Waals surface area contributed by atoms with Crippen molar-refractivity contribution in [1.29, 1.82) is 0 Å². The summed E-state index contributed by atoms with van der Waals surface area (Å²) in [6, 6.07) is 13.2. The molecule has 0 spiro atoms. The molecule has 0 aliphatic carbocycles. The minimum atomic E-state index is -0.338. The van der Waals surface area contributed by atoms with Crippen LogP contribution in [0.15, 0.2) is 42.5 Å². The number of hydrogen-bond donors (Lipinski definition) is 2. The zero-order valence-electron chi connectivity index (χ0n) is 14.5. The van der Waals surface area contributed by atoms with Gasteiger partial charge in [-0.2, -0.15) is 0 Å². The highest BCUT2D eigenvalue weighted by molar-refractivity contribution is 6.08. The fraction of sp³-hybridized carbons (Fsp3) is 0.263. The van der Waals surface area contributed by atoms with Crippen LogP contribution in [-0.2, 0) is 9.59 Å². The van der Waals surface area contributed by atoms with Crippen LogP contribution in [0, 0.1) is 13.8 Å². The second kappa shape index (κ2) is 7.64. The lowest BCUT2D eigenvalue weighted by Crippen LogP contribution is -2.21. The predicted octanol–water partition coefficient (Wildman–Crippen LogP) is 3.34. The van der Waals surface area contributed by atoms with Crippen molar-refractivity contribution in [3.05, 3.63) is 53.6 Å². The van der Waals surface area contributed by atoms with Crippen molar-refractivity contribution >= 4 is 28.9 Å². The first-order valence-corrected chi connectivity index (χ1v) is 7.79. The largest absolute Gasteiger partial charge is 0.378 e. The number of benzene rings is 2. The third kappa shape index (κ3) is 5.12. The maximum absolute atomic E-state index is 12.0. The zero-order chi connectivity index (χ0) is 17.7. The lowest BCUT2D eigenvalue weighted by molar-refractivity contribution is -0.123. The van der Waals surface area contributed by atoms with Gasteiger partial charge in [-0.05, 0) is 61.4 Å².